The second-order valence-corrected chi connectivity index (χ2v) is 12.4. The van der Waals surface area contributed by atoms with Gasteiger partial charge < -0.3 is 10.2 Å². The van der Waals surface area contributed by atoms with Crippen LogP contribution in [0.2, 0.25) is 0 Å². The van der Waals surface area contributed by atoms with Gasteiger partial charge in [-0.05, 0) is 79.9 Å². The molecule has 2 nitrogen and oxygen atoms in total. The molecule has 0 bridgehead atoms. The number of anilines is 3. The lowest BCUT2D eigenvalue weighted by Gasteiger charge is -2.30. The van der Waals surface area contributed by atoms with Crippen molar-refractivity contribution >= 4 is 76.5 Å². The molecule has 0 atom stereocenters. The van der Waals surface area contributed by atoms with Gasteiger partial charge in [0, 0.05) is 28.0 Å². The minimum atomic E-state index is 0.782. The van der Waals surface area contributed by atoms with Crippen molar-refractivity contribution in [3.63, 3.8) is 0 Å². The van der Waals surface area contributed by atoms with Gasteiger partial charge in [-0.25, -0.2) is 0 Å². The third-order valence-corrected chi connectivity index (χ3v) is 10.1. The molecular formula is C41H28N2S. The lowest BCUT2D eigenvalue weighted by atomic mass is 9.96. The van der Waals surface area contributed by atoms with E-state index in [1.807, 2.05) is 11.3 Å². The number of hydrogen-bond acceptors (Lipinski definition) is 3. The molecule has 8 aromatic rings. The molecule has 9 rings (SSSR count). The summed E-state index contributed by atoms with van der Waals surface area (Å²) in [6.45, 7) is 0.782. The van der Waals surface area contributed by atoms with Gasteiger partial charge in [0.15, 0.2) is 0 Å². The van der Waals surface area contributed by atoms with Gasteiger partial charge in [-0.1, -0.05) is 115 Å². The maximum atomic E-state index is 3.68. The van der Waals surface area contributed by atoms with Crippen molar-refractivity contribution in [2.24, 2.45) is 0 Å². The number of thiophene rings is 1. The minimum absolute atomic E-state index is 0.782. The molecule has 7 aromatic carbocycles. The molecule has 0 unspecified atom stereocenters. The normalized spacial score (nSPS) is 12.8. The maximum Gasteiger partial charge on any atom is 0.0752 e. The Morgan fingerprint density at radius 3 is 1.98 bits per heavy atom. The van der Waals surface area contributed by atoms with Gasteiger partial charge in [0.25, 0.3) is 0 Å². The summed E-state index contributed by atoms with van der Waals surface area (Å²) in [5.74, 6) is 0. The number of nitrogens with zero attached hydrogens (tertiary/aromatic N) is 1. The van der Waals surface area contributed by atoms with Gasteiger partial charge in [-0.2, -0.15) is 0 Å². The van der Waals surface area contributed by atoms with Gasteiger partial charge in [0.05, 0.1) is 16.3 Å². The SMILES string of the molecule is C1=C(N(c2ccc(-c3ccccc3)cc2)c2ccc3ccc4c5ccccc5ccc4c3c2)c2sc3ccccc3c2NC1. The summed E-state index contributed by atoms with van der Waals surface area (Å²) in [6, 6.07) is 53.0. The van der Waals surface area contributed by atoms with Crippen LogP contribution in [0.4, 0.5) is 17.1 Å². The fraction of sp³-hybridized carbons (Fsp3) is 0.0244. The Kier molecular flexibility index (Phi) is 5.78. The zero-order valence-electron chi connectivity index (χ0n) is 24.0. The van der Waals surface area contributed by atoms with Gasteiger partial charge in [0.2, 0.25) is 0 Å². The Morgan fingerprint density at radius 2 is 1.14 bits per heavy atom. The van der Waals surface area contributed by atoms with E-state index >= 15 is 0 Å². The first-order valence-electron chi connectivity index (χ1n) is 15.1. The lowest BCUT2D eigenvalue weighted by Crippen LogP contribution is -2.19. The summed E-state index contributed by atoms with van der Waals surface area (Å²) in [4.78, 5) is 3.72. The van der Waals surface area contributed by atoms with Crippen molar-refractivity contribution in [3.05, 3.63) is 157 Å². The monoisotopic (exact) mass is 580 g/mol. The van der Waals surface area contributed by atoms with E-state index in [2.05, 4.69) is 162 Å². The van der Waals surface area contributed by atoms with Crippen LogP contribution in [0.25, 0.3) is 59.2 Å². The molecular weight excluding hydrogens is 553 g/mol. The predicted molar refractivity (Wildman–Crippen MR) is 191 cm³/mol. The molecule has 1 N–H and O–H groups in total. The maximum absolute atomic E-state index is 3.68. The Balaban J connectivity index is 1.26. The molecule has 0 fully saturated rings. The molecule has 1 aromatic heterocycles. The first-order valence-corrected chi connectivity index (χ1v) is 15.9. The molecule has 1 aliphatic rings. The summed E-state index contributed by atoms with van der Waals surface area (Å²) in [5, 5.41) is 12.6. The average Bonchev–Trinajstić information content (AvgIpc) is 3.48. The van der Waals surface area contributed by atoms with Gasteiger partial charge in [0.1, 0.15) is 0 Å². The number of rotatable bonds is 4. The number of fused-ring (bicyclic) bond motifs is 8. The lowest BCUT2D eigenvalue weighted by molar-refractivity contribution is 1.24. The highest BCUT2D eigenvalue weighted by molar-refractivity contribution is 7.20. The third-order valence-electron chi connectivity index (χ3n) is 8.86. The zero-order chi connectivity index (χ0) is 29.0. The molecule has 0 aliphatic carbocycles. The molecule has 1 aliphatic heterocycles. The van der Waals surface area contributed by atoms with Crippen LogP contribution >= 0.6 is 11.3 Å². The van der Waals surface area contributed by atoms with Crippen LogP contribution in [0, 0.1) is 0 Å². The van der Waals surface area contributed by atoms with E-state index in [1.165, 1.54) is 69.8 Å². The van der Waals surface area contributed by atoms with Gasteiger partial charge >= 0.3 is 0 Å². The van der Waals surface area contributed by atoms with E-state index in [1.54, 1.807) is 0 Å². The summed E-state index contributed by atoms with van der Waals surface area (Å²) in [6.07, 6.45) is 2.34. The van der Waals surface area contributed by atoms with Crippen LogP contribution in [0.3, 0.4) is 0 Å². The molecule has 0 saturated carbocycles. The number of nitrogens with one attached hydrogen (secondary N) is 1. The van der Waals surface area contributed by atoms with Gasteiger partial charge in [-0.15, -0.1) is 11.3 Å². The first kappa shape index (κ1) is 25.1. The Bertz CT molecular complexity index is 2380. The van der Waals surface area contributed by atoms with Crippen molar-refractivity contribution in [1.29, 1.82) is 0 Å². The fourth-order valence-corrected chi connectivity index (χ4v) is 7.95. The van der Waals surface area contributed by atoms with Crippen molar-refractivity contribution < 1.29 is 0 Å². The van der Waals surface area contributed by atoms with Crippen LogP contribution in [0.1, 0.15) is 4.88 Å². The van der Waals surface area contributed by atoms with Crippen molar-refractivity contribution in [1.82, 2.24) is 0 Å². The van der Waals surface area contributed by atoms with Crippen LogP contribution in [-0.2, 0) is 0 Å². The highest BCUT2D eigenvalue weighted by Crippen LogP contribution is 2.47. The second kappa shape index (κ2) is 10.1. The first-order chi connectivity index (χ1) is 21.8. The molecule has 3 heteroatoms. The van der Waals surface area contributed by atoms with E-state index < -0.39 is 0 Å². The van der Waals surface area contributed by atoms with Crippen molar-refractivity contribution in [3.8, 4) is 11.1 Å². The predicted octanol–water partition coefficient (Wildman–Crippen LogP) is 11.6. The quantitative estimate of drug-likeness (QED) is 0.208. The Morgan fingerprint density at radius 1 is 0.500 bits per heavy atom. The summed E-state index contributed by atoms with van der Waals surface area (Å²) in [7, 11) is 0. The third kappa shape index (κ3) is 4.01. The zero-order valence-corrected chi connectivity index (χ0v) is 24.8. The number of hydrogen-bond donors (Lipinski definition) is 1. The molecule has 208 valence electrons. The highest BCUT2D eigenvalue weighted by Gasteiger charge is 2.25. The molecule has 0 saturated heterocycles. The molecule has 0 spiro atoms. The molecule has 2 heterocycles. The van der Waals surface area contributed by atoms with E-state index in [4.69, 9.17) is 0 Å². The van der Waals surface area contributed by atoms with Crippen molar-refractivity contribution in [2.45, 2.75) is 0 Å². The van der Waals surface area contributed by atoms with E-state index in [0.29, 0.717) is 0 Å². The van der Waals surface area contributed by atoms with Crippen LogP contribution in [0.5, 0.6) is 0 Å². The Labute approximate surface area is 260 Å². The van der Waals surface area contributed by atoms with Crippen LogP contribution in [-0.4, -0.2) is 6.54 Å². The standard InChI is InChI=1S/C41H28N2S/c1-2-8-27(9-3-1)28-14-19-31(20-15-28)43(38-24-25-42-40-36-12-6-7-13-39(36)44-41(38)40)32-21-16-30-18-22-34-33-11-5-4-10-29(33)17-23-35(34)37(30)26-32/h1-24,26,42H,25H2. The topological polar surface area (TPSA) is 15.3 Å². The van der Waals surface area contributed by atoms with Crippen LogP contribution in [0.15, 0.2) is 152 Å². The second-order valence-electron chi connectivity index (χ2n) is 11.4. The largest absolute Gasteiger partial charge is 0.380 e. The minimum Gasteiger partial charge on any atom is -0.380 e. The average molecular weight is 581 g/mol. The summed E-state index contributed by atoms with van der Waals surface area (Å²) < 4.78 is 1.30. The smallest absolute Gasteiger partial charge is 0.0752 e. The van der Waals surface area contributed by atoms with E-state index in [0.717, 1.165) is 17.9 Å². The van der Waals surface area contributed by atoms with E-state index in [9.17, 15) is 0 Å². The highest BCUT2D eigenvalue weighted by atomic mass is 32.1. The summed E-state index contributed by atoms with van der Waals surface area (Å²) >= 11 is 1.86. The fourth-order valence-electron chi connectivity index (χ4n) is 6.74. The van der Waals surface area contributed by atoms with Gasteiger partial charge in [-0.3, -0.25) is 0 Å². The summed E-state index contributed by atoms with van der Waals surface area (Å²) in [5.41, 5.74) is 7.19. The molecule has 0 radical (unpaired) electrons. The molecule has 44 heavy (non-hydrogen) atoms. The Hall–Kier alpha value is -5.38. The van der Waals surface area contributed by atoms with Crippen LogP contribution < -0.4 is 10.2 Å². The number of benzene rings is 7. The van der Waals surface area contributed by atoms with E-state index in [-0.39, 0.29) is 0 Å². The van der Waals surface area contributed by atoms with Crippen molar-refractivity contribution in [2.75, 3.05) is 16.8 Å². The molecule has 0 amide bonds.